The van der Waals surface area contributed by atoms with Gasteiger partial charge in [-0.05, 0) is 31.0 Å². The van der Waals surface area contributed by atoms with Crippen LogP contribution in [0.4, 0.5) is 0 Å². The van der Waals surface area contributed by atoms with Crippen LogP contribution in [0.25, 0.3) is 0 Å². The van der Waals surface area contributed by atoms with E-state index in [0.717, 1.165) is 12.0 Å². The fourth-order valence-corrected chi connectivity index (χ4v) is 2.77. The van der Waals surface area contributed by atoms with Gasteiger partial charge in [-0.3, -0.25) is 9.59 Å². The number of amides is 2. The van der Waals surface area contributed by atoms with Gasteiger partial charge < -0.3 is 9.80 Å². The van der Waals surface area contributed by atoms with E-state index in [1.54, 1.807) is 35.9 Å². The molecule has 0 bridgehead atoms. The van der Waals surface area contributed by atoms with Crippen molar-refractivity contribution in [2.75, 3.05) is 7.05 Å². The minimum Gasteiger partial charge on any atom is -0.319 e. The first-order valence-corrected chi connectivity index (χ1v) is 7.18. The van der Waals surface area contributed by atoms with E-state index in [0.29, 0.717) is 11.4 Å². The van der Waals surface area contributed by atoms with Crippen molar-refractivity contribution in [2.45, 2.75) is 38.9 Å². The lowest BCUT2D eigenvalue weighted by Crippen LogP contribution is -2.37. The third-order valence-electron chi connectivity index (χ3n) is 3.67. The predicted molar refractivity (Wildman–Crippen MR) is 78.2 cm³/mol. The molecule has 2 rings (SSSR count). The van der Waals surface area contributed by atoms with E-state index in [2.05, 4.69) is 0 Å². The Morgan fingerprint density at radius 1 is 1.30 bits per heavy atom. The number of hydrogen-bond donors (Lipinski definition) is 0. The first kappa shape index (κ1) is 14.9. The highest BCUT2D eigenvalue weighted by Gasteiger charge is 2.44. The van der Waals surface area contributed by atoms with Crippen molar-refractivity contribution in [3.05, 3.63) is 34.9 Å². The summed E-state index contributed by atoms with van der Waals surface area (Å²) < 4.78 is 0. The van der Waals surface area contributed by atoms with Crippen LogP contribution in [0.1, 0.15) is 38.4 Å². The maximum atomic E-state index is 12.3. The van der Waals surface area contributed by atoms with Gasteiger partial charge in [-0.15, -0.1) is 0 Å². The molecule has 2 amide bonds. The molecule has 0 aromatic heterocycles. The molecule has 2 atom stereocenters. The Kier molecular flexibility index (Phi) is 4.33. The molecule has 0 aliphatic carbocycles. The number of halogens is 1. The minimum atomic E-state index is -0.417. The molecular weight excluding hydrogens is 276 g/mol. The van der Waals surface area contributed by atoms with Gasteiger partial charge in [0, 0.05) is 18.5 Å². The molecular formula is C15H19ClN2O2. The zero-order chi connectivity index (χ0) is 14.9. The van der Waals surface area contributed by atoms with Gasteiger partial charge in [-0.2, -0.15) is 0 Å². The largest absolute Gasteiger partial charge is 0.319 e. The molecule has 1 aliphatic heterocycles. The van der Waals surface area contributed by atoms with E-state index in [-0.39, 0.29) is 18.0 Å². The lowest BCUT2D eigenvalue weighted by molar-refractivity contribution is -0.136. The summed E-state index contributed by atoms with van der Waals surface area (Å²) in [6.45, 7) is 3.74. The average molecular weight is 295 g/mol. The number of likely N-dealkylation sites (N-methyl/N-ethyl adjacent to an activating group) is 1. The Morgan fingerprint density at radius 3 is 2.45 bits per heavy atom. The van der Waals surface area contributed by atoms with E-state index >= 15 is 0 Å². The second kappa shape index (κ2) is 5.83. The van der Waals surface area contributed by atoms with Gasteiger partial charge in [0.15, 0.2) is 0 Å². The molecule has 1 aromatic rings. The van der Waals surface area contributed by atoms with E-state index in [1.807, 2.05) is 19.1 Å². The second-order valence-corrected chi connectivity index (χ2v) is 5.54. The van der Waals surface area contributed by atoms with E-state index < -0.39 is 6.04 Å². The molecule has 1 saturated heterocycles. The minimum absolute atomic E-state index is 0.0117. The molecule has 0 N–H and O–H groups in total. The highest BCUT2D eigenvalue weighted by Crippen LogP contribution is 2.34. The van der Waals surface area contributed by atoms with Crippen LogP contribution in [-0.2, 0) is 9.59 Å². The van der Waals surface area contributed by atoms with E-state index in [4.69, 9.17) is 11.6 Å². The maximum Gasteiger partial charge on any atom is 0.246 e. The number of carbonyl (C=O) groups is 2. The van der Waals surface area contributed by atoms with Crippen molar-refractivity contribution < 1.29 is 9.59 Å². The molecule has 108 valence electrons. The van der Waals surface area contributed by atoms with Crippen LogP contribution >= 0.6 is 11.6 Å². The third kappa shape index (κ3) is 2.52. The van der Waals surface area contributed by atoms with Crippen molar-refractivity contribution in [1.29, 1.82) is 0 Å². The zero-order valence-corrected chi connectivity index (χ0v) is 12.7. The normalized spacial score (nSPS) is 22.5. The number of rotatable bonds is 3. The molecule has 5 heteroatoms. The Hall–Kier alpha value is -1.55. The highest BCUT2D eigenvalue weighted by atomic mass is 35.5. The molecule has 1 unspecified atom stereocenters. The predicted octanol–water partition coefficient (Wildman–Crippen LogP) is 2.83. The lowest BCUT2D eigenvalue weighted by Gasteiger charge is -2.29. The molecule has 1 aromatic carbocycles. The first-order valence-electron chi connectivity index (χ1n) is 6.80. The summed E-state index contributed by atoms with van der Waals surface area (Å²) in [5.74, 6) is -0.0212. The van der Waals surface area contributed by atoms with Crippen LogP contribution in [0, 0.1) is 0 Å². The summed E-state index contributed by atoms with van der Waals surface area (Å²) in [5, 5.41) is 0.639. The number of benzene rings is 1. The molecule has 1 heterocycles. The number of carbonyl (C=O) groups excluding carboxylic acids is 2. The third-order valence-corrected chi connectivity index (χ3v) is 3.92. The topological polar surface area (TPSA) is 40.6 Å². The molecule has 0 saturated carbocycles. The molecule has 0 radical (unpaired) electrons. The van der Waals surface area contributed by atoms with Crippen LogP contribution in [0.2, 0.25) is 5.02 Å². The quantitative estimate of drug-likeness (QED) is 0.860. The average Bonchev–Trinajstić information content (AvgIpc) is 2.64. The van der Waals surface area contributed by atoms with Gasteiger partial charge in [0.1, 0.15) is 12.2 Å². The molecule has 1 aliphatic rings. The first-order chi connectivity index (χ1) is 9.47. The molecule has 20 heavy (non-hydrogen) atoms. The van der Waals surface area contributed by atoms with Crippen LogP contribution in [-0.4, -0.2) is 34.7 Å². The Bertz CT molecular complexity index is 515. The summed E-state index contributed by atoms with van der Waals surface area (Å²) in [5.41, 5.74) is 0.902. The van der Waals surface area contributed by atoms with Crippen molar-refractivity contribution >= 4 is 23.4 Å². The standard InChI is InChI=1S/C15H19ClN2O2/c1-4-5-13(19)18-10(2)15(20)17(3)14(18)11-6-8-12(16)9-7-11/h6-10,14H,4-5H2,1-3H3/t10-,14?/m1/s1. The number of hydrogen-bond acceptors (Lipinski definition) is 2. The lowest BCUT2D eigenvalue weighted by atomic mass is 10.1. The molecule has 1 fully saturated rings. The van der Waals surface area contributed by atoms with Crippen molar-refractivity contribution in [3.63, 3.8) is 0 Å². The summed E-state index contributed by atoms with van der Waals surface area (Å²) in [6, 6.07) is 6.86. The van der Waals surface area contributed by atoms with Crippen molar-refractivity contribution in [2.24, 2.45) is 0 Å². The summed E-state index contributed by atoms with van der Waals surface area (Å²) in [6.07, 6.45) is 0.886. The fourth-order valence-electron chi connectivity index (χ4n) is 2.65. The van der Waals surface area contributed by atoms with Crippen LogP contribution < -0.4 is 0 Å². The van der Waals surface area contributed by atoms with Gasteiger partial charge in [0.05, 0.1) is 0 Å². The van der Waals surface area contributed by atoms with Crippen molar-refractivity contribution in [1.82, 2.24) is 9.80 Å². The van der Waals surface area contributed by atoms with Crippen LogP contribution in [0.5, 0.6) is 0 Å². The number of nitrogens with zero attached hydrogens (tertiary/aromatic N) is 2. The van der Waals surface area contributed by atoms with Crippen LogP contribution in [0.15, 0.2) is 24.3 Å². The zero-order valence-electron chi connectivity index (χ0n) is 12.0. The van der Waals surface area contributed by atoms with Gasteiger partial charge in [0.25, 0.3) is 0 Å². The van der Waals surface area contributed by atoms with E-state index in [1.165, 1.54) is 0 Å². The van der Waals surface area contributed by atoms with Crippen molar-refractivity contribution in [3.8, 4) is 0 Å². The van der Waals surface area contributed by atoms with Gasteiger partial charge in [0.2, 0.25) is 11.8 Å². The second-order valence-electron chi connectivity index (χ2n) is 5.10. The van der Waals surface area contributed by atoms with Gasteiger partial charge >= 0.3 is 0 Å². The molecule has 4 nitrogen and oxygen atoms in total. The fraction of sp³-hybridized carbons (Fsp3) is 0.467. The Labute approximate surface area is 124 Å². The summed E-state index contributed by atoms with van der Waals surface area (Å²) >= 11 is 5.90. The Balaban J connectivity index is 2.38. The SMILES string of the molecule is CCCC(=O)N1C(c2ccc(Cl)cc2)N(C)C(=O)[C@H]1C. The van der Waals surface area contributed by atoms with E-state index in [9.17, 15) is 9.59 Å². The van der Waals surface area contributed by atoms with Gasteiger partial charge in [-0.1, -0.05) is 30.7 Å². The molecule has 0 spiro atoms. The summed E-state index contributed by atoms with van der Waals surface area (Å²) in [4.78, 5) is 27.8. The van der Waals surface area contributed by atoms with Gasteiger partial charge in [-0.25, -0.2) is 0 Å². The Morgan fingerprint density at radius 2 is 1.90 bits per heavy atom. The smallest absolute Gasteiger partial charge is 0.246 e. The highest BCUT2D eigenvalue weighted by molar-refractivity contribution is 6.30. The monoisotopic (exact) mass is 294 g/mol. The maximum absolute atomic E-state index is 12.3. The summed E-state index contributed by atoms with van der Waals surface area (Å²) in [7, 11) is 1.73. The van der Waals surface area contributed by atoms with Crippen LogP contribution in [0.3, 0.4) is 0 Å².